The molecule has 3 N–H and O–H groups in total. The Morgan fingerprint density at radius 1 is 1.50 bits per heavy atom. The van der Waals surface area contributed by atoms with Crippen molar-refractivity contribution in [2.45, 2.75) is 12.5 Å². The fourth-order valence-corrected chi connectivity index (χ4v) is 2.46. The summed E-state index contributed by atoms with van der Waals surface area (Å²) in [4.78, 5) is 24.3. The summed E-state index contributed by atoms with van der Waals surface area (Å²) >= 11 is 5.97. The minimum atomic E-state index is -0.923. The van der Waals surface area contributed by atoms with E-state index in [-0.39, 0.29) is 19.1 Å². The molecule has 1 fully saturated rings. The molecule has 0 aromatic heterocycles. The van der Waals surface area contributed by atoms with Gasteiger partial charge < -0.3 is 20.5 Å². The molecule has 0 bridgehead atoms. The second kappa shape index (κ2) is 6.11. The molecule has 1 aromatic carbocycles. The van der Waals surface area contributed by atoms with Crippen molar-refractivity contribution in [2.75, 3.05) is 24.7 Å². The Balaban J connectivity index is 2.38. The first-order valence-electron chi connectivity index (χ1n) is 6.14. The van der Waals surface area contributed by atoms with Crippen LogP contribution in [-0.4, -0.2) is 42.8 Å². The Kier molecular flexibility index (Phi) is 4.46. The van der Waals surface area contributed by atoms with E-state index < -0.39 is 11.9 Å². The number of carbonyl (C=O) groups is 2. The molecule has 1 saturated heterocycles. The number of morpholine rings is 1. The fraction of sp³-hybridized carbons (Fsp3) is 0.385. The molecular weight excluding hydrogens is 284 g/mol. The average Bonchev–Trinajstić information content (AvgIpc) is 2.38. The highest BCUT2D eigenvalue weighted by Gasteiger charge is 2.28. The molecule has 0 spiro atoms. The average molecular weight is 299 g/mol. The Morgan fingerprint density at radius 3 is 2.90 bits per heavy atom. The van der Waals surface area contributed by atoms with Gasteiger partial charge in [0.1, 0.15) is 0 Å². The number of rotatable bonds is 4. The van der Waals surface area contributed by atoms with Crippen LogP contribution in [0.2, 0.25) is 5.02 Å². The number of carbonyl (C=O) groups excluding carboxylic acids is 1. The Morgan fingerprint density at radius 2 is 2.25 bits per heavy atom. The van der Waals surface area contributed by atoms with Crippen molar-refractivity contribution in [3.63, 3.8) is 0 Å². The maximum atomic E-state index is 11.5. The lowest BCUT2D eigenvalue weighted by Crippen LogP contribution is -2.47. The smallest absolute Gasteiger partial charge is 0.305 e. The summed E-state index contributed by atoms with van der Waals surface area (Å²) in [6.45, 7) is 1.23. The predicted molar refractivity (Wildman–Crippen MR) is 74.2 cm³/mol. The van der Waals surface area contributed by atoms with E-state index in [0.717, 1.165) is 0 Å². The summed E-state index contributed by atoms with van der Waals surface area (Å²) in [5.74, 6) is -1.50. The summed E-state index contributed by atoms with van der Waals surface area (Å²) in [6.07, 6.45) is -0.0787. The summed E-state index contributed by atoms with van der Waals surface area (Å²) in [5.41, 5.74) is 6.24. The van der Waals surface area contributed by atoms with Gasteiger partial charge in [0.25, 0.3) is 5.91 Å². The Labute approximate surface area is 121 Å². The standard InChI is InChI=1S/C13H15ClN2O4/c14-8-1-2-10(13(15)19)11(5-8)16-3-4-20-7-9(16)6-12(17)18/h1-2,5,9H,3-4,6-7H2,(H2,15,19)(H,17,18). The van der Waals surface area contributed by atoms with Crippen molar-refractivity contribution in [1.82, 2.24) is 0 Å². The van der Waals surface area contributed by atoms with Crippen LogP contribution in [-0.2, 0) is 9.53 Å². The Hall–Kier alpha value is -1.79. The highest BCUT2D eigenvalue weighted by atomic mass is 35.5. The van der Waals surface area contributed by atoms with Crippen LogP contribution in [0.3, 0.4) is 0 Å². The van der Waals surface area contributed by atoms with Gasteiger partial charge in [-0.25, -0.2) is 0 Å². The zero-order valence-electron chi connectivity index (χ0n) is 10.7. The first kappa shape index (κ1) is 14.6. The molecule has 1 aliphatic heterocycles. The van der Waals surface area contributed by atoms with E-state index in [4.69, 9.17) is 27.2 Å². The van der Waals surface area contributed by atoms with Crippen molar-refractivity contribution in [3.8, 4) is 0 Å². The van der Waals surface area contributed by atoms with Crippen molar-refractivity contribution in [1.29, 1.82) is 0 Å². The maximum Gasteiger partial charge on any atom is 0.305 e. The van der Waals surface area contributed by atoms with Crippen LogP contribution in [0.25, 0.3) is 0 Å². The van der Waals surface area contributed by atoms with E-state index in [9.17, 15) is 9.59 Å². The van der Waals surface area contributed by atoms with Crippen LogP contribution in [0.4, 0.5) is 5.69 Å². The van der Waals surface area contributed by atoms with Gasteiger partial charge in [-0.3, -0.25) is 9.59 Å². The third-order valence-corrected chi connectivity index (χ3v) is 3.41. The molecule has 1 heterocycles. The lowest BCUT2D eigenvalue weighted by atomic mass is 10.1. The van der Waals surface area contributed by atoms with E-state index in [1.54, 1.807) is 18.2 Å². The number of amides is 1. The third-order valence-electron chi connectivity index (χ3n) is 3.17. The molecule has 1 amide bonds. The lowest BCUT2D eigenvalue weighted by Gasteiger charge is -2.37. The van der Waals surface area contributed by atoms with Gasteiger partial charge >= 0.3 is 5.97 Å². The monoisotopic (exact) mass is 298 g/mol. The number of anilines is 1. The van der Waals surface area contributed by atoms with Crippen molar-refractivity contribution in [3.05, 3.63) is 28.8 Å². The van der Waals surface area contributed by atoms with Gasteiger partial charge in [0, 0.05) is 11.6 Å². The van der Waals surface area contributed by atoms with Crippen molar-refractivity contribution < 1.29 is 19.4 Å². The van der Waals surface area contributed by atoms with Crippen LogP contribution >= 0.6 is 11.6 Å². The number of nitrogens with two attached hydrogens (primary N) is 1. The summed E-state index contributed by atoms with van der Waals surface area (Å²) in [7, 11) is 0. The van der Waals surface area contributed by atoms with Crippen LogP contribution in [0.1, 0.15) is 16.8 Å². The SMILES string of the molecule is NC(=O)c1ccc(Cl)cc1N1CCOCC1CC(=O)O. The number of primary amides is 1. The van der Waals surface area contributed by atoms with E-state index in [2.05, 4.69) is 0 Å². The van der Waals surface area contributed by atoms with Crippen LogP contribution in [0.15, 0.2) is 18.2 Å². The summed E-state index contributed by atoms with van der Waals surface area (Å²) < 4.78 is 5.31. The van der Waals surface area contributed by atoms with E-state index >= 15 is 0 Å². The lowest BCUT2D eigenvalue weighted by molar-refractivity contribution is -0.138. The van der Waals surface area contributed by atoms with Crippen LogP contribution in [0, 0.1) is 0 Å². The highest BCUT2D eigenvalue weighted by Crippen LogP contribution is 2.28. The Bertz CT molecular complexity index is 535. The molecule has 0 radical (unpaired) electrons. The highest BCUT2D eigenvalue weighted by molar-refractivity contribution is 6.31. The van der Waals surface area contributed by atoms with Crippen LogP contribution < -0.4 is 10.6 Å². The van der Waals surface area contributed by atoms with Crippen LogP contribution in [0.5, 0.6) is 0 Å². The molecule has 6 nitrogen and oxygen atoms in total. The third kappa shape index (κ3) is 3.20. The summed E-state index contributed by atoms with van der Waals surface area (Å²) in [6, 6.07) is 4.41. The van der Waals surface area contributed by atoms with Gasteiger partial charge in [-0.15, -0.1) is 0 Å². The van der Waals surface area contributed by atoms with Gasteiger partial charge in [0.2, 0.25) is 0 Å². The molecule has 108 valence electrons. The van der Waals surface area contributed by atoms with E-state index in [0.29, 0.717) is 29.4 Å². The molecule has 1 aliphatic rings. The minimum Gasteiger partial charge on any atom is -0.481 e. The second-order valence-electron chi connectivity index (χ2n) is 4.55. The molecule has 1 aromatic rings. The number of ether oxygens (including phenoxy) is 1. The van der Waals surface area contributed by atoms with Gasteiger partial charge in [-0.2, -0.15) is 0 Å². The largest absolute Gasteiger partial charge is 0.481 e. The van der Waals surface area contributed by atoms with Gasteiger partial charge in [-0.05, 0) is 18.2 Å². The number of aliphatic carboxylic acids is 1. The number of hydrogen-bond acceptors (Lipinski definition) is 4. The zero-order valence-corrected chi connectivity index (χ0v) is 11.5. The second-order valence-corrected chi connectivity index (χ2v) is 4.98. The molecule has 0 saturated carbocycles. The topological polar surface area (TPSA) is 92.9 Å². The molecule has 0 aliphatic carbocycles. The number of benzene rings is 1. The van der Waals surface area contributed by atoms with E-state index in [1.165, 1.54) is 0 Å². The number of hydrogen-bond donors (Lipinski definition) is 2. The number of carboxylic acids is 1. The molecule has 20 heavy (non-hydrogen) atoms. The first-order valence-corrected chi connectivity index (χ1v) is 6.52. The van der Waals surface area contributed by atoms with Crippen molar-refractivity contribution in [2.24, 2.45) is 5.73 Å². The first-order chi connectivity index (χ1) is 9.49. The minimum absolute atomic E-state index is 0.0787. The molecule has 7 heteroatoms. The van der Waals surface area contributed by atoms with Gasteiger partial charge in [0.05, 0.1) is 36.9 Å². The van der Waals surface area contributed by atoms with Crippen molar-refractivity contribution >= 4 is 29.2 Å². The zero-order chi connectivity index (χ0) is 14.7. The van der Waals surface area contributed by atoms with E-state index in [1.807, 2.05) is 4.90 Å². The maximum absolute atomic E-state index is 11.5. The molecular formula is C13H15ClN2O4. The number of nitrogens with zero attached hydrogens (tertiary/aromatic N) is 1. The quantitative estimate of drug-likeness (QED) is 0.869. The number of halogens is 1. The normalized spacial score (nSPS) is 18.9. The molecule has 1 atom stereocenters. The number of carboxylic acid groups (broad SMARTS) is 1. The molecule has 1 unspecified atom stereocenters. The molecule has 2 rings (SSSR count). The predicted octanol–water partition coefficient (Wildman–Crippen LogP) is 1.12. The summed E-state index contributed by atoms with van der Waals surface area (Å²) in [5, 5.41) is 9.43. The fourth-order valence-electron chi connectivity index (χ4n) is 2.29. The van der Waals surface area contributed by atoms with Gasteiger partial charge in [-0.1, -0.05) is 11.6 Å². The van der Waals surface area contributed by atoms with Gasteiger partial charge in [0.15, 0.2) is 0 Å².